The Labute approximate surface area is 164 Å². The number of aliphatic hydroxyl groups excluding tert-OH is 1. The number of pyridine rings is 1. The van der Waals surface area contributed by atoms with Crippen LogP contribution in [0.3, 0.4) is 0 Å². The van der Waals surface area contributed by atoms with Crippen LogP contribution in [0, 0.1) is 5.82 Å². The molecule has 28 heavy (non-hydrogen) atoms. The lowest BCUT2D eigenvalue weighted by Crippen LogP contribution is -2.31. The van der Waals surface area contributed by atoms with Gasteiger partial charge in [-0.1, -0.05) is 24.3 Å². The molecule has 7 heteroatoms. The number of hydrogen-bond acceptors (Lipinski definition) is 5. The Hall–Kier alpha value is -3.32. The zero-order valence-corrected chi connectivity index (χ0v) is 15.4. The fraction of sp³-hybridized carbons (Fsp3) is 0.0952. The number of thiophene rings is 1. The number of aromatic nitrogens is 1. The van der Waals surface area contributed by atoms with Crippen molar-refractivity contribution in [3.8, 4) is 0 Å². The summed E-state index contributed by atoms with van der Waals surface area (Å²) in [6.45, 7) is 0.103. The highest BCUT2D eigenvalue weighted by atomic mass is 32.1. The van der Waals surface area contributed by atoms with Crippen LogP contribution in [0.25, 0.3) is 0 Å². The first-order valence-corrected chi connectivity index (χ1v) is 9.42. The molecule has 0 saturated carbocycles. The largest absolute Gasteiger partial charge is 0.503 e. The van der Waals surface area contributed by atoms with E-state index in [-0.39, 0.29) is 17.9 Å². The molecule has 1 N–H and O–H groups in total. The van der Waals surface area contributed by atoms with E-state index in [0.29, 0.717) is 16.1 Å². The first-order valence-electron chi connectivity index (χ1n) is 8.54. The quantitative estimate of drug-likeness (QED) is 0.663. The number of carbonyl (C=O) groups excluding carboxylic acids is 2. The summed E-state index contributed by atoms with van der Waals surface area (Å²) in [6.07, 6.45) is 1.57. The molecule has 1 atom stereocenters. The van der Waals surface area contributed by atoms with Crippen molar-refractivity contribution in [3.05, 3.63) is 99.5 Å². The highest BCUT2D eigenvalue weighted by Gasteiger charge is 2.44. The van der Waals surface area contributed by atoms with Crippen molar-refractivity contribution in [2.45, 2.75) is 12.6 Å². The van der Waals surface area contributed by atoms with Gasteiger partial charge in [-0.05, 0) is 41.3 Å². The van der Waals surface area contributed by atoms with E-state index in [9.17, 15) is 19.1 Å². The number of amides is 1. The van der Waals surface area contributed by atoms with E-state index in [1.165, 1.54) is 28.4 Å². The van der Waals surface area contributed by atoms with Gasteiger partial charge < -0.3 is 10.0 Å². The zero-order valence-electron chi connectivity index (χ0n) is 14.6. The summed E-state index contributed by atoms with van der Waals surface area (Å²) in [6, 6.07) is 13.5. The summed E-state index contributed by atoms with van der Waals surface area (Å²) >= 11 is 1.24. The molecule has 0 aliphatic carbocycles. The molecular weight excluding hydrogens is 379 g/mol. The van der Waals surface area contributed by atoms with Crippen LogP contribution in [-0.4, -0.2) is 26.7 Å². The molecule has 0 fully saturated rings. The molecule has 1 aromatic carbocycles. The maximum Gasteiger partial charge on any atom is 0.290 e. The van der Waals surface area contributed by atoms with Crippen LogP contribution in [0.5, 0.6) is 0 Å². The maximum absolute atomic E-state index is 13.2. The summed E-state index contributed by atoms with van der Waals surface area (Å²) in [5.41, 5.74) is 1.16. The van der Waals surface area contributed by atoms with Crippen molar-refractivity contribution in [3.63, 3.8) is 0 Å². The fourth-order valence-corrected chi connectivity index (χ4v) is 3.90. The molecule has 1 aliphatic heterocycles. The highest BCUT2D eigenvalue weighted by Crippen LogP contribution is 2.39. The third-order valence-corrected chi connectivity index (χ3v) is 5.40. The van der Waals surface area contributed by atoms with Crippen molar-refractivity contribution in [1.29, 1.82) is 0 Å². The molecule has 5 nitrogen and oxygen atoms in total. The van der Waals surface area contributed by atoms with Crippen molar-refractivity contribution < 1.29 is 19.1 Å². The maximum atomic E-state index is 13.2. The predicted molar refractivity (Wildman–Crippen MR) is 102 cm³/mol. The van der Waals surface area contributed by atoms with Crippen LogP contribution in [0.2, 0.25) is 0 Å². The smallest absolute Gasteiger partial charge is 0.290 e. The van der Waals surface area contributed by atoms with Gasteiger partial charge in [0.2, 0.25) is 5.78 Å². The van der Waals surface area contributed by atoms with Gasteiger partial charge in [-0.15, -0.1) is 11.3 Å². The Kier molecular flexibility index (Phi) is 4.75. The Morgan fingerprint density at radius 3 is 2.57 bits per heavy atom. The molecule has 3 heterocycles. The second kappa shape index (κ2) is 7.36. The van der Waals surface area contributed by atoms with E-state index in [2.05, 4.69) is 4.98 Å². The molecule has 2 aromatic heterocycles. The minimum absolute atomic E-state index is 0.00765. The van der Waals surface area contributed by atoms with Crippen LogP contribution in [-0.2, 0) is 11.3 Å². The van der Waals surface area contributed by atoms with Crippen LogP contribution in [0.1, 0.15) is 27.0 Å². The Balaban J connectivity index is 1.77. The molecule has 1 aliphatic rings. The second-order valence-electron chi connectivity index (χ2n) is 6.29. The molecule has 0 saturated heterocycles. The van der Waals surface area contributed by atoms with Crippen molar-refractivity contribution in [2.24, 2.45) is 0 Å². The number of carbonyl (C=O) groups is 2. The molecule has 0 spiro atoms. The standard InChI is InChI=1S/C21H15FN2O3S/c22-14-8-6-13(7-9-14)12-24-18(15-4-1-2-10-23-15)17(20(26)21(24)27)19(25)16-5-3-11-28-16/h1-11,18,26H,12H2. The summed E-state index contributed by atoms with van der Waals surface area (Å²) < 4.78 is 13.2. The Morgan fingerprint density at radius 2 is 1.93 bits per heavy atom. The summed E-state index contributed by atoms with van der Waals surface area (Å²) in [4.78, 5) is 32.0. The van der Waals surface area contributed by atoms with E-state index in [0.717, 1.165) is 0 Å². The van der Waals surface area contributed by atoms with Gasteiger partial charge in [0.25, 0.3) is 5.91 Å². The normalized spacial score (nSPS) is 16.7. The first-order chi connectivity index (χ1) is 13.6. The lowest BCUT2D eigenvalue weighted by Gasteiger charge is -2.26. The number of benzene rings is 1. The highest BCUT2D eigenvalue weighted by molar-refractivity contribution is 7.12. The number of nitrogens with zero attached hydrogens (tertiary/aromatic N) is 2. The number of Topliss-reactive ketones (excluding diaryl/α,β-unsaturated/α-hetero) is 1. The van der Waals surface area contributed by atoms with Crippen molar-refractivity contribution in [1.82, 2.24) is 9.88 Å². The van der Waals surface area contributed by atoms with E-state index < -0.39 is 23.5 Å². The molecule has 4 rings (SSSR count). The van der Waals surface area contributed by atoms with Crippen LogP contribution in [0.4, 0.5) is 4.39 Å². The minimum atomic E-state index is -0.826. The first kappa shape index (κ1) is 18.1. The summed E-state index contributed by atoms with van der Waals surface area (Å²) in [5.74, 6) is -2.01. The van der Waals surface area contributed by atoms with E-state index in [1.807, 2.05) is 0 Å². The van der Waals surface area contributed by atoms with E-state index >= 15 is 0 Å². The summed E-state index contributed by atoms with van der Waals surface area (Å²) in [7, 11) is 0. The molecule has 140 valence electrons. The van der Waals surface area contributed by atoms with Crippen molar-refractivity contribution in [2.75, 3.05) is 0 Å². The van der Waals surface area contributed by atoms with E-state index in [1.54, 1.807) is 54.0 Å². The number of ketones is 1. The average molecular weight is 394 g/mol. The lowest BCUT2D eigenvalue weighted by atomic mass is 9.98. The van der Waals surface area contributed by atoms with Gasteiger partial charge in [0.15, 0.2) is 5.76 Å². The second-order valence-corrected chi connectivity index (χ2v) is 7.23. The number of hydrogen-bond donors (Lipinski definition) is 1. The summed E-state index contributed by atoms with van der Waals surface area (Å²) in [5, 5.41) is 12.3. The number of rotatable bonds is 5. The van der Waals surface area contributed by atoms with Gasteiger partial charge in [0.05, 0.1) is 16.1 Å². The molecule has 3 aromatic rings. The lowest BCUT2D eigenvalue weighted by molar-refractivity contribution is -0.130. The van der Waals surface area contributed by atoms with Crippen LogP contribution in [0.15, 0.2) is 77.5 Å². The van der Waals surface area contributed by atoms with Gasteiger partial charge >= 0.3 is 0 Å². The third-order valence-electron chi connectivity index (χ3n) is 4.53. The fourth-order valence-electron chi connectivity index (χ4n) is 3.22. The van der Waals surface area contributed by atoms with Gasteiger partial charge in [0.1, 0.15) is 11.9 Å². The third kappa shape index (κ3) is 3.20. The SMILES string of the molecule is O=C(C1=C(O)C(=O)N(Cc2ccc(F)cc2)C1c1ccccn1)c1cccs1. The molecule has 0 bridgehead atoms. The van der Waals surface area contributed by atoms with Crippen LogP contribution >= 0.6 is 11.3 Å². The topological polar surface area (TPSA) is 70.5 Å². The molecule has 1 amide bonds. The minimum Gasteiger partial charge on any atom is -0.503 e. The monoisotopic (exact) mass is 394 g/mol. The van der Waals surface area contributed by atoms with Gasteiger partial charge in [-0.2, -0.15) is 0 Å². The number of halogens is 1. The Morgan fingerprint density at radius 1 is 1.14 bits per heavy atom. The zero-order chi connectivity index (χ0) is 19.7. The number of aliphatic hydroxyl groups is 1. The molecule has 1 unspecified atom stereocenters. The molecule has 0 radical (unpaired) electrons. The van der Waals surface area contributed by atoms with Gasteiger partial charge in [-0.3, -0.25) is 14.6 Å². The Bertz CT molecular complexity index is 1050. The average Bonchev–Trinajstić information content (AvgIpc) is 3.33. The van der Waals surface area contributed by atoms with Gasteiger partial charge in [0, 0.05) is 12.7 Å². The van der Waals surface area contributed by atoms with E-state index in [4.69, 9.17) is 0 Å². The van der Waals surface area contributed by atoms with Crippen molar-refractivity contribution >= 4 is 23.0 Å². The molecular formula is C21H15FN2O3S. The van der Waals surface area contributed by atoms with Crippen LogP contribution < -0.4 is 0 Å². The van der Waals surface area contributed by atoms with Gasteiger partial charge in [-0.25, -0.2) is 4.39 Å². The predicted octanol–water partition coefficient (Wildman–Crippen LogP) is 4.06.